The summed E-state index contributed by atoms with van der Waals surface area (Å²) in [5.41, 5.74) is 3.06. The van der Waals surface area contributed by atoms with E-state index in [-0.39, 0.29) is 17.4 Å². The van der Waals surface area contributed by atoms with Gasteiger partial charge in [0.2, 0.25) is 11.7 Å². The molecule has 0 aliphatic heterocycles. The van der Waals surface area contributed by atoms with E-state index in [0.717, 1.165) is 37.1 Å². The van der Waals surface area contributed by atoms with Crippen molar-refractivity contribution in [2.24, 2.45) is 0 Å². The van der Waals surface area contributed by atoms with Crippen LogP contribution in [0.15, 0.2) is 29.6 Å². The standard InChI is InChI=1S/C17H16N4O3/c1-24-15-9-10(6-7-14(15)22)8-13-16(23)19-17-18-11-4-2-3-5-12(11)20-21(13)17/h6-9,23H,2-5H2,1H3/b10-8-. The van der Waals surface area contributed by atoms with Gasteiger partial charge in [-0.15, -0.1) is 0 Å². The van der Waals surface area contributed by atoms with Gasteiger partial charge in [-0.2, -0.15) is 14.6 Å². The molecule has 24 heavy (non-hydrogen) atoms. The van der Waals surface area contributed by atoms with E-state index in [1.807, 2.05) is 0 Å². The summed E-state index contributed by atoms with van der Waals surface area (Å²) < 4.78 is 6.60. The van der Waals surface area contributed by atoms with Gasteiger partial charge in [-0.3, -0.25) is 4.79 Å². The Balaban J connectivity index is 1.83. The number of nitrogens with zero attached hydrogens (tertiary/aromatic N) is 4. The number of ether oxygens (including phenoxy) is 1. The molecule has 2 heterocycles. The summed E-state index contributed by atoms with van der Waals surface area (Å²) in [5.74, 6) is 0.306. The first-order chi connectivity index (χ1) is 11.7. The summed E-state index contributed by atoms with van der Waals surface area (Å²) in [5, 5.41) is 14.8. The van der Waals surface area contributed by atoms with Crippen LogP contribution in [-0.4, -0.2) is 37.6 Å². The molecule has 4 rings (SSSR count). The Morgan fingerprint density at radius 3 is 2.79 bits per heavy atom. The molecule has 2 aromatic rings. The molecule has 1 N–H and O–H groups in total. The van der Waals surface area contributed by atoms with Gasteiger partial charge in [0.05, 0.1) is 18.5 Å². The van der Waals surface area contributed by atoms with Crippen LogP contribution < -0.4 is 0 Å². The van der Waals surface area contributed by atoms with Crippen LogP contribution in [0.25, 0.3) is 11.9 Å². The fraction of sp³-hybridized carbons (Fsp3) is 0.294. The molecule has 122 valence electrons. The van der Waals surface area contributed by atoms with Gasteiger partial charge in [-0.25, -0.2) is 4.98 Å². The van der Waals surface area contributed by atoms with Crippen molar-refractivity contribution in [3.8, 4) is 5.88 Å². The van der Waals surface area contributed by atoms with Crippen LogP contribution in [0.3, 0.4) is 0 Å². The highest BCUT2D eigenvalue weighted by atomic mass is 16.5. The molecular weight excluding hydrogens is 308 g/mol. The minimum atomic E-state index is -0.189. The third-order valence-corrected chi connectivity index (χ3v) is 4.21. The molecule has 2 aromatic heterocycles. The number of rotatable bonds is 2. The number of allylic oxidation sites excluding steroid dienone is 4. The summed E-state index contributed by atoms with van der Waals surface area (Å²) in [7, 11) is 1.45. The molecule has 0 saturated heterocycles. The van der Waals surface area contributed by atoms with E-state index in [0.29, 0.717) is 17.0 Å². The van der Waals surface area contributed by atoms with Crippen LogP contribution in [0.4, 0.5) is 0 Å². The van der Waals surface area contributed by atoms with Crippen molar-refractivity contribution in [3.63, 3.8) is 0 Å². The van der Waals surface area contributed by atoms with Gasteiger partial charge < -0.3 is 9.84 Å². The lowest BCUT2D eigenvalue weighted by molar-refractivity contribution is -0.114. The first-order valence-electron chi connectivity index (χ1n) is 7.83. The van der Waals surface area contributed by atoms with Crippen molar-refractivity contribution >= 4 is 17.6 Å². The minimum absolute atomic E-state index is 0.137. The normalized spacial score (nSPS) is 18.8. The van der Waals surface area contributed by atoms with Crippen molar-refractivity contribution in [2.45, 2.75) is 25.7 Å². The van der Waals surface area contributed by atoms with E-state index in [1.54, 1.807) is 22.7 Å². The van der Waals surface area contributed by atoms with Crippen LogP contribution in [-0.2, 0) is 22.4 Å². The summed E-state index contributed by atoms with van der Waals surface area (Å²) in [6.07, 6.45) is 10.4. The molecule has 2 aliphatic carbocycles. The van der Waals surface area contributed by atoms with Gasteiger partial charge in [0.25, 0.3) is 5.78 Å². The number of hydrogen-bond acceptors (Lipinski definition) is 6. The zero-order chi connectivity index (χ0) is 16.7. The Bertz CT molecular complexity index is 937. The highest BCUT2D eigenvalue weighted by Crippen LogP contribution is 2.25. The first-order valence-corrected chi connectivity index (χ1v) is 7.83. The molecule has 0 fully saturated rings. The average molecular weight is 324 g/mol. The predicted octanol–water partition coefficient (Wildman–Crippen LogP) is 1.76. The summed E-state index contributed by atoms with van der Waals surface area (Å²) >= 11 is 0. The van der Waals surface area contributed by atoms with E-state index in [1.165, 1.54) is 13.2 Å². The van der Waals surface area contributed by atoms with Gasteiger partial charge >= 0.3 is 0 Å². The van der Waals surface area contributed by atoms with Gasteiger partial charge in [0.15, 0.2) is 5.76 Å². The van der Waals surface area contributed by atoms with E-state index >= 15 is 0 Å². The Hall–Kier alpha value is -2.96. The lowest BCUT2D eigenvalue weighted by Gasteiger charge is -2.13. The Labute approximate surface area is 138 Å². The molecule has 7 heteroatoms. The molecule has 0 amide bonds. The summed E-state index contributed by atoms with van der Waals surface area (Å²) in [4.78, 5) is 20.2. The third-order valence-electron chi connectivity index (χ3n) is 4.21. The van der Waals surface area contributed by atoms with Gasteiger partial charge in [-0.05, 0) is 49.5 Å². The van der Waals surface area contributed by atoms with Crippen molar-refractivity contribution in [2.75, 3.05) is 7.11 Å². The number of aryl methyl sites for hydroxylation is 2. The number of carbonyl (C=O) groups is 1. The van der Waals surface area contributed by atoms with Crippen LogP contribution in [0.5, 0.6) is 5.88 Å². The smallest absolute Gasteiger partial charge is 0.254 e. The average Bonchev–Trinajstić information content (AvgIpc) is 2.89. The minimum Gasteiger partial charge on any atom is -0.493 e. The highest BCUT2D eigenvalue weighted by molar-refractivity contribution is 6.05. The molecule has 0 spiro atoms. The fourth-order valence-corrected chi connectivity index (χ4v) is 2.97. The van der Waals surface area contributed by atoms with Gasteiger partial charge in [0.1, 0.15) is 5.69 Å². The number of hydrogen-bond donors (Lipinski definition) is 1. The Morgan fingerprint density at radius 1 is 1.21 bits per heavy atom. The number of aromatic nitrogens is 4. The Kier molecular flexibility index (Phi) is 3.41. The van der Waals surface area contributed by atoms with Crippen LogP contribution in [0, 0.1) is 0 Å². The van der Waals surface area contributed by atoms with Crippen LogP contribution in [0.2, 0.25) is 0 Å². The number of ketones is 1. The van der Waals surface area contributed by atoms with Crippen LogP contribution >= 0.6 is 0 Å². The van der Waals surface area contributed by atoms with Crippen molar-refractivity contribution in [3.05, 3.63) is 46.6 Å². The first kappa shape index (κ1) is 14.6. The monoisotopic (exact) mass is 324 g/mol. The SMILES string of the molecule is COC1=C/C(=C\c2c(O)nc3nc4c(nn23)CCCC4)C=CC1=O. The molecule has 0 aromatic carbocycles. The number of fused-ring (bicyclic) bond motifs is 2. The molecule has 7 nitrogen and oxygen atoms in total. The second-order valence-electron chi connectivity index (χ2n) is 5.80. The van der Waals surface area contributed by atoms with E-state index in [9.17, 15) is 9.90 Å². The summed E-state index contributed by atoms with van der Waals surface area (Å²) in [6, 6.07) is 0. The number of imidazole rings is 1. The third kappa shape index (κ3) is 2.38. The van der Waals surface area contributed by atoms with Crippen molar-refractivity contribution in [1.82, 2.24) is 19.6 Å². The van der Waals surface area contributed by atoms with Crippen molar-refractivity contribution in [1.29, 1.82) is 0 Å². The largest absolute Gasteiger partial charge is 0.493 e. The molecular formula is C17H16N4O3. The molecule has 2 aliphatic rings. The highest BCUT2D eigenvalue weighted by Gasteiger charge is 2.19. The number of aromatic hydroxyl groups is 1. The lowest BCUT2D eigenvalue weighted by atomic mass is 10.0. The molecule has 0 radical (unpaired) electrons. The second kappa shape index (κ2) is 5.59. The van der Waals surface area contributed by atoms with Gasteiger partial charge in [0, 0.05) is 0 Å². The number of methoxy groups -OCH3 is 1. The predicted molar refractivity (Wildman–Crippen MR) is 86.3 cm³/mol. The van der Waals surface area contributed by atoms with E-state index < -0.39 is 0 Å². The van der Waals surface area contributed by atoms with E-state index in [2.05, 4.69) is 15.1 Å². The molecule has 0 bridgehead atoms. The topological polar surface area (TPSA) is 89.6 Å². The maximum Gasteiger partial charge on any atom is 0.254 e. The number of carbonyl (C=O) groups excluding carboxylic acids is 1. The molecule has 0 saturated carbocycles. The van der Waals surface area contributed by atoms with E-state index in [4.69, 9.17) is 4.74 Å². The summed E-state index contributed by atoms with van der Waals surface area (Å²) in [6.45, 7) is 0. The quantitative estimate of drug-likeness (QED) is 0.905. The zero-order valence-electron chi connectivity index (χ0n) is 13.2. The maximum absolute atomic E-state index is 11.6. The molecule has 0 unspecified atom stereocenters. The fourth-order valence-electron chi connectivity index (χ4n) is 2.97. The second-order valence-corrected chi connectivity index (χ2v) is 5.80. The Morgan fingerprint density at radius 2 is 2.00 bits per heavy atom. The molecule has 0 atom stereocenters. The van der Waals surface area contributed by atoms with Crippen LogP contribution in [0.1, 0.15) is 29.9 Å². The maximum atomic E-state index is 11.6. The lowest BCUT2D eigenvalue weighted by Crippen LogP contribution is -2.12. The van der Waals surface area contributed by atoms with Crippen molar-refractivity contribution < 1.29 is 14.6 Å². The van der Waals surface area contributed by atoms with Gasteiger partial charge in [-0.1, -0.05) is 6.08 Å². The zero-order valence-corrected chi connectivity index (χ0v) is 13.2.